The van der Waals surface area contributed by atoms with E-state index in [-0.39, 0.29) is 24.9 Å². The molecule has 0 radical (unpaired) electrons. The molecule has 0 saturated carbocycles. The third-order valence-electron chi connectivity index (χ3n) is 4.02. The molecule has 0 atom stereocenters. The van der Waals surface area contributed by atoms with Crippen molar-refractivity contribution in [2.75, 3.05) is 24.3 Å². The van der Waals surface area contributed by atoms with Gasteiger partial charge in [-0.1, -0.05) is 18.2 Å². The van der Waals surface area contributed by atoms with E-state index >= 15 is 0 Å². The molecule has 0 aliphatic carbocycles. The third kappa shape index (κ3) is 4.78. The van der Waals surface area contributed by atoms with Crippen molar-refractivity contribution < 1.29 is 14.3 Å². The number of aromatic hydroxyl groups is 1. The van der Waals surface area contributed by atoms with Gasteiger partial charge in [-0.3, -0.25) is 0 Å². The van der Waals surface area contributed by atoms with Gasteiger partial charge in [0.25, 0.3) is 0 Å². The zero-order chi connectivity index (χ0) is 19.2. The van der Waals surface area contributed by atoms with Gasteiger partial charge in [0, 0.05) is 19.7 Å². The van der Waals surface area contributed by atoms with E-state index in [0.29, 0.717) is 17.0 Å². The third-order valence-corrected chi connectivity index (χ3v) is 4.02. The molecule has 0 saturated heterocycles. The van der Waals surface area contributed by atoms with E-state index in [1.54, 1.807) is 53.8 Å². The number of phenols is 1. The fraction of sp³-hybridized carbons (Fsp3) is 0.200. The number of urea groups is 1. The summed E-state index contributed by atoms with van der Waals surface area (Å²) >= 11 is 0. The number of phenolic OH excluding ortho intramolecular Hbond substituents is 1. The number of hydrogen-bond donors (Lipinski definition) is 2. The number of rotatable bonds is 6. The topological polar surface area (TPSA) is 81.8 Å². The van der Waals surface area contributed by atoms with Crippen LogP contribution in [0.25, 0.3) is 0 Å². The van der Waals surface area contributed by atoms with Crippen LogP contribution in [0.1, 0.15) is 11.3 Å². The molecule has 2 aromatic heterocycles. The molecule has 140 valence electrons. The van der Waals surface area contributed by atoms with Gasteiger partial charge < -0.3 is 24.6 Å². The van der Waals surface area contributed by atoms with Crippen LogP contribution >= 0.6 is 0 Å². The van der Waals surface area contributed by atoms with E-state index in [1.165, 1.54) is 0 Å². The Hall–Kier alpha value is -3.48. The molecule has 7 nitrogen and oxygen atoms in total. The Kier molecular flexibility index (Phi) is 5.61. The highest BCUT2D eigenvalue weighted by molar-refractivity contribution is 5.89. The number of nitrogens with one attached hydrogen (secondary N) is 1. The number of aromatic nitrogens is 1. The Morgan fingerprint density at radius 3 is 2.56 bits per heavy atom. The average Bonchev–Trinajstić information content (AvgIpc) is 3.16. The first-order chi connectivity index (χ1) is 13.0. The second-order valence-corrected chi connectivity index (χ2v) is 6.29. The van der Waals surface area contributed by atoms with E-state index in [2.05, 4.69) is 10.3 Å². The van der Waals surface area contributed by atoms with Crippen LogP contribution in [0.4, 0.5) is 16.3 Å². The van der Waals surface area contributed by atoms with Crippen LogP contribution < -0.4 is 10.2 Å². The average molecular weight is 366 g/mol. The van der Waals surface area contributed by atoms with E-state index in [4.69, 9.17) is 4.42 Å². The fourth-order valence-electron chi connectivity index (χ4n) is 2.57. The lowest BCUT2D eigenvalue weighted by Gasteiger charge is -2.23. The molecular formula is C20H22N4O3. The van der Waals surface area contributed by atoms with Crippen molar-refractivity contribution >= 4 is 17.5 Å². The van der Waals surface area contributed by atoms with Crippen molar-refractivity contribution in [3.63, 3.8) is 0 Å². The lowest BCUT2D eigenvalue weighted by molar-refractivity contribution is 0.200. The number of carbonyl (C=O) groups is 1. The van der Waals surface area contributed by atoms with Gasteiger partial charge in [0.05, 0.1) is 31.2 Å². The van der Waals surface area contributed by atoms with Crippen molar-refractivity contribution in [2.24, 2.45) is 0 Å². The predicted molar refractivity (Wildman–Crippen MR) is 104 cm³/mol. The molecule has 2 N–H and O–H groups in total. The molecule has 2 heterocycles. The quantitative estimate of drug-likeness (QED) is 0.695. The zero-order valence-electron chi connectivity index (χ0n) is 15.3. The maximum Gasteiger partial charge on any atom is 0.322 e. The van der Waals surface area contributed by atoms with Gasteiger partial charge >= 0.3 is 6.03 Å². The Morgan fingerprint density at radius 1 is 1.11 bits per heavy atom. The van der Waals surface area contributed by atoms with Gasteiger partial charge in [-0.25, -0.2) is 9.78 Å². The van der Waals surface area contributed by atoms with Gasteiger partial charge in [0.15, 0.2) is 0 Å². The molecule has 0 spiro atoms. The maximum atomic E-state index is 12.8. The minimum atomic E-state index is -0.311. The first-order valence-corrected chi connectivity index (χ1v) is 8.51. The maximum absolute atomic E-state index is 12.8. The second kappa shape index (κ2) is 8.27. The van der Waals surface area contributed by atoms with Crippen LogP contribution in [0.2, 0.25) is 0 Å². The van der Waals surface area contributed by atoms with Crippen molar-refractivity contribution in [3.05, 3.63) is 72.3 Å². The summed E-state index contributed by atoms with van der Waals surface area (Å²) in [5.41, 5.74) is 1.24. The molecule has 3 aromatic rings. The Balaban J connectivity index is 1.76. The lowest BCUT2D eigenvalue weighted by atomic mass is 10.2. The van der Waals surface area contributed by atoms with Crippen molar-refractivity contribution in [2.45, 2.75) is 13.1 Å². The van der Waals surface area contributed by atoms with E-state index < -0.39 is 0 Å². The number of benzene rings is 1. The molecule has 0 fully saturated rings. The summed E-state index contributed by atoms with van der Waals surface area (Å²) in [6.45, 7) is 0.513. The molecule has 0 bridgehead atoms. The fourth-order valence-corrected chi connectivity index (χ4v) is 2.57. The van der Waals surface area contributed by atoms with Gasteiger partial charge in [-0.15, -0.1) is 0 Å². The first-order valence-electron chi connectivity index (χ1n) is 8.51. The largest absolute Gasteiger partial charge is 0.508 e. The summed E-state index contributed by atoms with van der Waals surface area (Å²) in [5, 5.41) is 12.9. The van der Waals surface area contributed by atoms with Gasteiger partial charge in [-0.2, -0.15) is 0 Å². The molecule has 0 unspecified atom stereocenters. The van der Waals surface area contributed by atoms with Crippen molar-refractivity contribution in [3.8, 4) is 5.75 Å². The van der Waals surface area contributed by atoms with Crippen molar-refractivity contribution in [1.29, 1.82) is 0 Å². The summed E-state index contributed by atoms with van der Waals surface area (Å²) in [6, 6.07) is 13.8. The number of para-hydroxylation sites is 1. The van der Waals surface area contributed by atoms with Crippen LogP contribution in [-0.4, -0.2) is 35.1 Å². The SMILES string of the molecule is CN(C)c1ccc(NC(=O)N(Cc2ccco2)Cc2ccccc2O)cn1. The summed E-state index contributed by atoms with van der Waals surface area (Å²) in [4.78, 5) is 20.6. The van der Waals surface area contributed by atoms with Crippen LogP contribution in [0.3, 0.4) is 0 Å². The highest BCUT2D eigenvalue weighted by Crippen LogP contribution is 2.20. The summed E-state index contributed by atoms with van der Waals surface area (Å²) in [7, 11) is 3.80. The van der Waals surface area contributed by atoms with E-state index in [1.807, 2.05) is 31.1 Å². The highest BCUT2D eigenvalue weighted by Gasteiger charge is 2.18. The van der Waals surface area contributed by atoms with E-state index in [0.717, 1.165) is 5.82 Å². The predicted octanol–water partition coefficient (Wildman–Crippen LogP) is 3.68. The number of nitrogens with zero attached hydrogens (tertiary/aromatic N) is 3. The molecular weight excluding hydrogens is 344 g/mol. The number of furan rings is 1. The lowest BCUT2D eigenvalue weighted by Crippen LogP contribution is -2.34. The Bertz CT molecular complexity index is 877. The number of hydrogen-bond acceptors (Lipinski definition) is 5. The number of anilines is 2. The zero-order valence-corrected chi connectivity index (χ0v) is 15.3. The van der Waals surface area contributed by atoms with Crippen LogP contribution in [0.5, 0.6) is 5.75 Å². The van der Waals surface area contributed by atoms with E-state index in [9.17, 15) is 9.90 Å². The molecule has 2 amide bonds. The van der Waals surface area contributed by atoms with Gasteiger partial charge in [0.1, 0.15) is 17.3 Å². The first kappa shape index (κ1) is 18.3. The Labute approximate surface area is 157 Å². The summed E-state index contributed by atoms with van der Waals surface area (Å²) < 4.78 is 5.37. The van der Waals surface area contributed by atoms with Crippen LogP contribution in [0, 0.1) is 0 Å². The molecule has 0 aliphatic heterocycles. The molecule has 1 aromatic carbocycles. The molecule has 27 heavy (non-hydrogen) atoms. The number of carbonyl (C=O) groups excluding carboxylic acids is 1. The minimum Gasteiger partial charge on any atom is -0.508 e. The van der Waals surface area contributed by atoms with Gasteiger partial charge in [0.2, 0.25) is 0 Å². The normalized spacial score (nSPS) is 10.4. The highest BCUT2D eigenvalue weighted by atomic mass is 16.3. The summed E-state index contributed by atoms with van der Waals surface area (Å²) in [5.74, 6) is 1.60. The molecule has 7 heteroatoms. The molecule has 0 aliphatic rings. The smallest absolute Gasteiger partial charge is 0.322 e. The van der Waals surface area contributed by atoms with Crippen LogP contribution in [-0.2, 0) is 13.1 Å². The monoisotopic (exact) mass is 366 g/mol. The minimum absolute atomic E-state index is 0.145. The van der Waals surface area contributed by atoms with Crippen LogP contribution in [0.15, 0.2) is 65.4 Å². The summed E-state index contributed by atoms with van der Waals surface area (Å²) in [6.07, 6.45) is 3.17. The van der Waals surface area contributed by atoms with Crippen molar-refractivity contribution in [1.82, 2.24) is 9.88 Å². The second-order valence-electron chi connectivity index (χ2n) is 6.29. The number of pyridine rings is 1. The Morgan fingerprint density at radius 2 is 1.93 bits per heavy atom. The molecule has 3 rings (SSSR count). The van der Waals surface area contributed by atoms with Gasteiger partial charge in [-0.05, 0) is 30.3 Å². The standard InChI is InChI=1S/C20H22N4O3/c1-23(2)19-10-9-16(12-21-19)22-20(26)24(14-17-7-5-11-27-17)13-15-6-3-4-8-18(15)25/h3-12,25H,13-14H2,1-2H3,(H,22,26). The number of amides is 2.